The number of carbonyl (C=O) groups is 1. The third-order valence-corrected chi connectivity index (χ3v) is 6.98. The molecule has 0 unspecified atom stereocenters. The number of rotatable bonds is 11. The number of sulfonamides is 1. The molecule has 35 heavy (non-hydrogen) atoms. The summed E-state index contributed by atoms with van der Waals surface area (Å²) in [5.74, 6) is 1.25. The van der Waals surface area contributed by atoms with Crippen LogP contribution in [0.5, 0.6) is 17.2 Å². The third-order valence-electron chi connectivity index (χ3n) is 5.42. The highest BCUT2D eigenvalue weighted by Gasteiger charge is 2.19. The summed E-state index contributed by atoms with van der Waals surface area (Å²) in [4.78, 5) is 12.5. The highest BCUT2D eigenvalue weighted by atomic mass is 32.2. The molecule has 8 nitrogen and oxygen atoms in total. The van der Waals surface area contributed by atoms with Crippen LogP contribution in [0.25, 0.3) is 0 Å². The SMILES string of the molecule is COc1ccc([C@@H](C)NC(=O)COc2ccc(S(=O)(=O)N[C@H](C)c3ccccc3)cc2)cc1OC. The zero-order chi connectivity index (χ0) is 25.4. The number of carbonyl (C=O) groups excluding carboxylic acids is 1. The minimum Gasteiger partial charge on any atom is -0.493 e. The van der Waals surface area contributed by atoms with Crippen molar-refractivity contribution >= 4 is 15.9 Å². The zero-order valence-electron chi connectivity index (χ0n) is 20.1. The van der Waals surface area contributed by atoms with Gasteiger partial charge in [-0.3, -0.25) is 4.79 Å². The maximum atomic E-state index is 12.7. The second-order valence-electron chi connectivity index (χ2n) is 7.92. The van der Waals surface area contributed by atoms with Crippen LogP contribution in [0.4, 0.5) is 0 Å². The minimum absolute atomic E-state index is 0.110. The Morgan fingerprint density at radius 2 is 1.49 bits per heavy atom. The van der Waals surface area contributed by atoms with Crippen molar-refractivity contribution in [3.63, 3.8) is 0 Å². The lowest BCUT2D eigenvalue weighted by atomic mass is 10.1. The first-order valence-electron chi connectivity index (χ1n) is 11.0. The predicted molar refractivity (Wildman–Crippen MR) is 133 cm³/mol. The molecule has 0 bridgehead atoms. The molecule has 1 amide bonds. The quantitative estimate of drug-likeness (QED) is 0.414. The van der Waals surface area contributed by atoms with E-state index in [2.05, 4.69) is 10.0 Å². The van der Waals surface area contributed by atoms with Gasteiger partial charge in [0.2, 0.25) is 10.0 Å². The zero-order valence-corrected chi connectivity index (χ0v) is 21.0. The van der Waals surface area contributed by atoms with Crippen LogP contribution >= 0.6 is 0 Å². The van der Waals surface area contributed by atoms with Crippen LogP contribution in [-0.2, 0) is 14.8 Å². The highest BCUT2D eigenvalue weighted by molar-refractivity contribution is 7.89. The molecule has 3 aromatic carbocycles. The van der Waals surface area contributed by atoms with E-state index in [-0.39, 0.29) is 29.5 Å². The van der Waals surface area contributed by atoms with Crippen molar-refractivity contribution < 1.29 is 27.4 Å². The van der Waals surface area contributed by atoms with Crippen molar-refractivity contribution in [1.82, 2.24) is 10.0 Å². The lowest BCUT2D eigenvalue weighted by molar-refractivity contribution is -0.123. The fourth-order valence-corrected chi connectivity index (χ4v) is 4.70. The summed E-state index contributed by atoms with van der Waals surface area (Å²) in [5.41, 5.74) is 1.71. The topological polar surface area (TPSA) is 103 Å². The molecule has 0 aliphatic rings. The Balaban J connectivity index is 1.54. The fourth-order valence-electron chi connectivity index (χ4n) is 3.46. The Labute approximate surface area is 206 Å². The molecule has 2 atom stereocenters. The summed E-state index contributed by atoms with van der Waals surface area (Å²) in [7, 11) is -0.607. The van der Waals surface area contributed by atoms with Gasteiger partial charge in [0.1, 0.15) is 5.75 Å². The molecule has 0 aliphatic heterocycles. The summed E-state index contributed by atoms with van der Waals surface area (Å²) >= 11 is 0. The van der Waals surface area contributed by atoms with E-state index >= 15 is 0 Å². The number of methoxy groups -OCH3 is 2. The molecule has 186 valence electrons. The molecule has 3 aromatic rings. The standard InChI is InChI=1S/C26H30N2O6S/c1-18(21-10-15-24(32-3)25(16-21)33-4)27-26(29)17-34-22-11-13-23(14-12-22)35(30,31)28-19(2)20-8-6-5-7-9-20/h5-16,18-19,28H,17H2,1-4H3,(H,27,29)/t18-,19-/m1/s1. The van der Waals surface area contributed by atoms with Crippen LogP contribution in [-0.4, -0.2) is 35.2 Å². The Kier molecular flexibility index (Phi) is 8.73. The number of nitrogens with one attached hydrogen (secondary N) is 2. The summed E-state index contributed by atoms with van der Waals surface area (Å²) < 4.78 is 44.1. The fraction of sp³-hybridized carbons (Fsp3) is 0.269. The van der Waals surface area contributed by atoms with Crippen molar-refractivity contribution in [3.8, 4) is 17.2 Å². The average molecular weight is 499 g/mol. The van der Waals surface area contributed by atoms with Gasteiger partial charge in [0.15, 0.2) is 18.1 Å². The largest absolute Gasteiger partial charge is 0.493 e. The van der Waals surface area contributed by atoms with Crippen molar-refractivity contribution in [3.05, 3.63) is 83.9 Å². The molecule has 0 aliphatic carbocycles. The van der Waals surface area contributed by atoms with Crippen molar-refractivity contribution in [2.45, 2.75) is 30.8 Å². The Bertz CT molecular complexity index is 1230. The molecule has 3 rings (SSSR count). The van der Waals surface area contributed by atoms with E-state index in [0.29, 0.717) is 17.2 Å². The van der Waals surface area contributed by atoms with E-state index in [1.165, 1.54) is 24.3 Å². The Morgan fingerprint density at radius 3 is 2.11 bits per heavy atom. The second-order valence-corrected chi connectivity index (χ2v) is 9.63. The Hall–Kier alpha value is -3.56. The first kappa shape index (κ1) is 26.1. The van der Waals surface area contributed by atoms with Gasteiger partial charge >= 0.3 is 0 Å². The first-order chi connectivity index (χ1) is 16.7. The molecule has 0 radical (unpaired) electrons. The molecule has 0 saturated heterocycles. The van der Waals surface area contributed by atoms with E-state index in [9.17, 15) is 13.2 Å². The number of hydrogen-bond acceptors (Lipinski definition) is 6. The first-order valence-corrected chi connectivity index (χ1v) is 12.5. The van der Waals surface area contributed by atoms with Gasteiger partial charge in [0.25, 0.3) is 5.91 Å². The summed E-state index contributed by atoms with van der Waals surface area (Å²) in [5, 5.41) is 2.86. The number of amides is 1. The van der Waals surface area contributed by atoms with E-state index < -0.39 is 10.0 Å². The summed E-state index contributed by atoms with van der Waals surface area (Å²) in [6.45, 7) is 3.42. The van der Waals surface area contributed by atoms with Crippen LogP contribution in [0, 0.1) is 0 Å². The van der Waals surface area contributed by atoms with Crippen LogP contribution in [0.3, 0.4) is 0 Å². The van der Waals surface area contributed by atoms with Gasteiger partial charge in [0.05, 0.1) is 25.2 Å². The molecule has 0 fully saturated rings. The third kappa shape index (κ3) is 6.97. The van der Waals surface area contributed by atoms with E-state index in [0.717, 1.165) is 11.1 Å². The van der Waals surface area contributed by atoms with Crippen molar-refractivity contribution in [1.29, 1.82) is 0 Å². The van der Waals surface area contributed by atoms with Crippen LogP contribution in [0.1, 0.15) is 37.1 Å². The molecule has 0 spiro atoms. The van der Waals surface area contributed by atoms with Gasteiger partial charge < -0.3 is 19.5 Å². The maximum Gasteiger partial charge on any atom is 0.258 e. The maximum absolute atomic E-state index is 12.7. The highest BCUT2D eigenvalue weighted by Crippen LogP contribution is 2.29. The molecule has 0 heterocycles. The number of benzene rings is 3. The lowest BCUT2D eigenvalue weighted by Crippen LogP contribution is -2.31. The Morgan fingerprint density at radius 1 is 0.829 bits per heavy atom. The van der Waals surface area contributed by atoms with E-state index in [4.69, 9.17) is 14.2 Å². The van der Waals surface area contributed by atoms with E-state index in [1.54, 1.807) is 33.3 Å². The second kappa shape index (κ2) is 11.7. The molecular weight excluding hydrogens is 468 g/mol. The predicted octanol–water partition coefficient (Wildman–Crippen LogP) is 4.00. The van der Waals surface area contributed by atoms with Crippen molar-refractivity contribution in [2.24, 2.45) is 0 Å². The smallest absolute Gasteiger partial charge is 0.258 e. The van der Waals surface area contributed by atoms with Gasteiger partial charge in [-0.05, 0) is 61.4 Å². The average Bonchev–Trinajstić information content (AvgIpc) is 2.87. The van der Waals surface area contributed by atoms with Crippen LogP contribution in [0.2, 0.25) is 0 Å². The molecule has 0 aromatic heterocycles. The molecule has 9 heteroatoms. The minimum atomic E-state index is -3.72. The van der Waals surface area contributed by atoms with Crippen LogP contribution < -0.4 is 24.2 Å². The molecule has 2 N–H and O–H groups in total. The van der Waals surface area contributed by atoms with Crippen LogP contribution in [0.15, 0.2) is 77.7 Å². The molecular formula is C26H30N2O6S. The van der Waals surface area contributed by atoms with Gasteiger partial charge in [-0.15, -0.1) is 0 Å². The summed E-state index contributed by atoms with van der Waals surface area (Å²) in [6.07, 6.45) is 0. The molecule has 0 saturated carbocycles. The van der Waals surface area contributed by atoms with E-state index in [1.807, 2.05) is 43.3 Å². The van der Waals surface area contributed by atoms with Gasteiger partial charge in [-0.2, -0.15) is 0 Å². The van der Waals surface area contributed by atoms with Gasteiger partial charge in [0, 0.05) is 6.04 Å². The van der Waals surface area contributed by atoms with Gasteiger partial charge in [-0.25, -0.2) is 13.1 Å². The lowest BCUT2D eigenvalue weighted by Gasteiger charge is -2.17. The number of hydrogen-bond donors (Lipinski definition) is 2. The van der Waals surface area contributed by atoms with Crippen molar-refractivity contribution in [2.75, 3.05) is 20.8 Å². The number of ether oxygens (including phenoxy) is 3. The normalized spacial score (nSPS) is 12.9. The summed E-state index contributed by atoms with van der Waals surface area (Å²) in [6, 6.07) is 20.0. The van der Waals surface area contributed by atoms with Gasteiger partial charge in [-0.1, -0.05) is 36.4 Å². The monoisotopic (exact) mass is 498 g/mol.